The predicted octanol–water partition coefficient (Wildman–Crippen LogP) is 1.54. The van der Waals surface area contributed by atoms with Gasteiger partial charge >= 0.3 is 0 Å². The molecular formula is C14H20ClN3O2. The first-order valence-electron chi connectivity index (χ1n) is 6.55. The van der Waals surface area contributed by atoms with Crippen molar-refractivity contribution in [3.05, 3.63) is 29.8 Å². The first-order valence-corrected chi connectivity index (χ1v) is 6.55. The smallest absolute Gasteiger partial charge is 0.248 e. The fourth-order valence-electron chi connectivity index (χ4n) is 2.27. The molecule has 1 aliphatic rings. The maximum absolute atomic E-state index is 11.8. The zero-order chi connectivity index (χ0) is 13.7. The van der Waals surface area contributed by atoms with E-state index in [2.05, 4.69) is 10.6 Å². The van der Waals surface area contributed by atoms with Gasteiger partial charge in [0.1, 0.15) is 0 Å². The molecule has 1 aromatic carbocycles. The predicted molar refractivity (Wildman–Crippen MR) is 81.0 cm³/mol. The van der Waals surface area contributed by atoms with Crippen molar-refractivity contribution in [1.29, 1.82) is 0 Å². The Balaban J connectivity index is 0.00000200. The van der Waals surface area contributed by atoms with E-state index in [4.69, 9.17) is 5.73 Å². The fourth-order valence-corrected chi connectivity index (χ4v) is 2.27. The number of rotatable bonds is 5. The number of anilines is 1. The second-order valence-corrected chi connectivity index (χ2v) is 4.89. The Kier molecular flexibility index (Phi) is 6.48. The minimum atomic E-state index is -0.492. The summed E-state index contributed by atoms with van der Waals surface area (Å²) in [6, 6.07) is 6.68. The molecule has 5 nitrogen and oxygen atoms in total. The number of carbonyl (C=O) groups excluding carboxylic acids is 2. The fraction of sp³-hybridized carbons (Fsp3) is 0.429. The monoisotopic (exact) mass is 297 g/mol. The largest absolute Gasteiger partial charge is 0.366 e. The first kappa shape index (κ1) is 16.5. The summed E-state index contributed by atoms with van der Waals surface area (Å²) in [5.41, 5.74) is 6.21. The summed E-state index contributed by atoms with van der Waals surface area (Å²) in [5.74, 6) is 0.0874. The lowest BCUT2D eigenvalue weighted by molar-refractivity contribution is -0.116. The summed E-state index contributed by atoms with van der Waals surface area (Å²) >= 11 is 0. The van der Waals surface area contributed by atoms with Crippen LogP contribution in [0.15, 0.2) is 24.3 Å². The molecule has 0 bridgehead atoms. The Morgan fingerprint density at radius 3 is 2.85 bits per heavy atom. The van der Waals surface area contributed by atoms with Crippen molar-refractivity contribution < 1.29 is 9.59 Å². The molecule has 0 aromatic heterocycles. The lowest BCUT2D eigenvalue weighted by Gasteiger charge is -2.09. The molecule has 20 heavy (non-hydrogen) atoms. The molecule has 1 unspecified atom stereocenters. The third-order valence-corrected chi connectivity index (χ3v) is 3.37. The average Bonchev–Trinajstić information content (AvgIpc) is 2.90. The van der Waals surface area contributed by atoms with Gasteiger partial charge in [-0.05, 0) is 50.0 Å². The molecule has 2 amide bonds. The van der Waals surface area contributed by atoms with Gasteiger partial charge in [0, 0.05) is 17.7 Å². The Morgan fingerprint density at radius 2 is 2.20 bits per heavy atom. The standard InChI is InChI=1S/C14H19N3O2.ClH/c15-14(19)11-2-1-3-12(8-11)17-13(18)5-4-10-6-7-16-9-10;/h1-3,8,10,16H,4-7,9H2,(H2,15,19)(H,17,18);1H. The number of nitrogens with two attached hydrogens (primary N) is 1. The maximum Gasteiger partial charge on any atom is 0.248 e. The number of nitrogens with one attached hydrogen (secondary N) is 2. The van der Waals surface area contributed by atoms with E-state index in [1.807, 2.05) is 0 Å². The molecule has 1 aromatic rings. The molecule has 0 saturated carbocycles. The number of primary amides is 1. The zero-order valence-corrected chi connectivity index (χ0v) is 12.0. The van der Waals surface area contributed by atoms with Crippen molar-refractivity contribution >= 4 is 29.9 Å². The van der Waals surface area contributed by atoms with Crippen molar-refractivity contribution in [3.63, 3.8) is 0 Å². The topological polar surface area (TPSA) is 84.2 Å². The Labute approximate surface area is 124 Å². The number of hydrogen-bond acceptors (Lipinski definition) is 3. The van der Waals surface area contributed by atoms with Crippen LogP contribution in [0.3, 0.4) is 0 Å². The molecule has 1 heterocycles. The number of halogens is 1. The normalized spacial score (nSPS) is 17.3. The summed E-state index contributed by atoms with van der Waals surface area (Å²) in [6.07, 6.45) is 2.55. The van der Waals surface area contributed by atoms with Crippen LogP contribution in [0.4, 0.5) is 5.69 Å². The van der Waals surface area contributed by atoms with Gasteiger partial charge < -0.3 is 16.4 Å². The summed E-state index contributed by atoms with van der Waals surface area (Å²) in [7, 11) is 0. The Bertz CT molecular complexity index is 473. The van der Waals surface area contributed by atoms with E-state index in [1.54, 1.807) is 24.3 Å². The molecule has 0 aliphatic carbocycles. The zero-order valence-electron chi connectivity index (χ0n) is 11.2. The lowest BCUT2D eigenvalue weighted by atomic mass is 10.0. The average molecular weight is 298 g/mol. The first-order chi connectivity index (χ1) is 9.15. The van der Waals surface area contributed by atoms with Crippen LogP contribution in [-0.2, 0) is 4.79 Å². The molecule has 2 rings (SSSR count). The highest BCUT2D eigenvalue weighted by molar-refractivity contribution is 5.96. The third-order valence-electron chi connectivity index (χ3n) is 3.37. The highest BCUT2D eigenvalue weighted by Gasteiger charge is 2.15. The summed E-state index contributed by atoms with van der Waals surface area (Å²) in [5, 5.41) is 6.08. The van der Waals surface area contributed by atoms with E-state index in [0.717, 1.165) is 25.9 Å². The Morgan fingerprint density at radius 1 is 1.40 bits per heavy atom. The molecule has 4 N–H and O–H groups in total. The van der Waals surface area contributed by atoms with Gasteiger partial charge in [0.15, 0.2) is 0 Å². The van der Waals surface area contributed by atoms with Gasteiger partial charge in [-0.1, -0.05) is 6.07 Å². The second-order valence-electron chi connectivity index (χ2n) is 4.89. The van der Waals surface area contributed by atoms with E-state index in [9.17, 15) is 9.59 Å². The molecule has 110 valence electrons. The third kappa shape index (κ3) is 4.83. The van der Waals surface area contributed by atoms with E-state index in [0.29, 0.717) is 23.6 Å². The highest BCUT2D eigenvalue weighted by Crippen LogP contribution is 2.16. The Hall–Kier alpha value is -1.59. The number of amides is 2. The van der Waals surface area contributed by atoms with E-state index in [-0.39, 0.29) is 18.3 Å². The van der Waals surface area contributed by atoms with Gasteiger partial charge in [-0.15, -0.1) is 12.4 Å². The van der Waals surface area contributed by atoms with E-state index >= 15 is 0 Å². The van der Waals surface area contributed by atoms with E-state index in [1.165, 1.54) is 0 Å². The lowest BCUT2D eigenvalue weighted by Crippen LogP contribution is -2.16. The second kappa shape index (κ2) is 7.87. The number of carbonyl (C=O) groups is 2. The SMILES string of the molecule is Cl.NC(=O)c1cccc(NC(=O)CCC2CCNC2)c1. The van der Waals surface area contributed by atoms with Gasteiger partial charge in [-0.3, -0.25) is 9.59 Å². The van der Waals surface area contributed by atoms with Crippen LogP contribution in [0.25, 0.3) is 0 Å². The van der Waals surface area contributed by atoms with Crippen LogP contribution >= 0.6 is 12.4 Å². The van der Waals surface area contributed by atoms with Crippen LogP contribution in [0.5, 0.6) is 0 Å². The molecule has 1 fully saturated rings. The molecule has 0 spiro atoms. The maximum atomic E-state index is 11.8. The van der Waals surface area contributed by atoms with Gasteiger partial charge in [0.25, 0.3) is 0 Å². The quantitative estimate of drug-likeness (QED) is 0.771. The van der Waals surface area contributed by atoms with Crippen LogP contribution < -0.4 is 16.4 Å². The molecule has 1 aliphatic heterocycles. The highest BCUT2D eigenvalue weighted by atomic mass is 35.5. The van der Waals surface area contributed by atoms with Gasteiger partial charge in [-0.2, -0.15) is 0 Å². The van der Waals surface area contributed by atoms with Crippen LogP contribution in [0.1, 0.15) is 29.6 Å². The summed E-state index contributed by atoms with van der Waals surface area (Å²) in [6.45, 7) is 2.05. The van der Waals surface area contributed by atoms with Crippen molar-refractivity contribution in [2.45, 2.75) is 19.3 Å². The number of benzene rings is 1. The van der Waals surface area contributed by atoms with Crippen LogP contribution in [0.2, 0.25) is 0 Å². The molecule has 1 saturated heterocycles. The molecule has 1 atom stereocenters. The van der Waals surface area contributed by atoms with Gasteiger partial charge in [0.2, 0.25) is 11.8 Å². The van der Waals surface area contributed by atoms with Crippen molar-refractivity contribution in [2.24, 2.45) is 11.7 Å². The van der Waals surface area contributed by atoms with Crippen molar-refractivity contribution in [2.75, 3.05) is 18.4 Å². The van der Waals surface area contributed by atoms with Gasteiger partial charge in [0.05, 0.1) is 0 Å². The van der Waals surface area contributed by atoms with Crippen molar-refractivity contribution in [1.82, 2.24) is 5.32 Å². The minimum absolute atomic E-state index is 0. The van der Waals surface area contributed by atoms with E-state index < -0.39 is 5.91 Å². The minimum Gasteiger partial charge on any atom is -0.366 e. The summed E-state index contributed by atoms with van der Waals surface area (Å²) < 4.78 is 0. The summed E-state index contributed by atoms with van der Waals surface area (Å²) in [4.78, 5) is 22.8. The number of hydrogen-bond donors (Lipinski definition) is 3. The molecule has 6 heteroatoms. The van der Waals surface area contributed by atoms with Crippen LogP contribution in [0, 0.1) is 5.92 Å². The van der Waals surface area contributed by atoms with Crippen LogP contribution in [-0.4, -0.2) is 24.9 Å². The molecular weight excluding hydrogens is 278 g/mol. The van der Waals surface area contributed by atoms with Crippen molar-refractivity contribution in [3.8, 4) is 0 Å². The molecule has 0 radical (unpaired) electrons. The van der Waals surface area contributed by atoms with Gasteiger partial charge in [-0.25, -0.2) is 0 Å².